The van der Waals surface area contributed by atoms with Crippen molar-refractivity contribution < 1.29 is 60.0 Å². The SMILES string of the molecule is O=C(O)CC(NC(=O)CNC(=O)CCCCNc1ccccn1)c1ccc(-c2ccc(F)cc2)c(O)c1.[H-].[Na+]. The van der Waals surface area contributed by atoms with Crippen molar-refractivity contribution in [1.82, 2.24) is 15.6 Å². The number of benzene rings is 2. The van der Waals surface area contributed by atoms with Gasteiger partial charge in [0.05, 0.1) is 19.0 Å². The van der Waals surface area contributed by atoms with Crippen molar-refractivity contribution in [2.75, 3.05) is 18.4 Å². The Morgan fingerprint density at radius 3 is 2.42 bits per heavy atom. The maximum Gasteiger partial charge on any atom is 1.00 e. The molecule has 2 aromatic carbocycles. The smallest absolute Gasteiger partial charge is 1.00 e. The van der Waals surface area contributed by atoms with Gasteiger partial charge in [-0.25, -0.2) is 9.37 Å². The van der Waals surface area contributed by atoms with Crippen LogP contribution in [0, 0.1) is 5.82 Å². The van der Waals surface area contributed by atoms with Gasteiger partial charge in [0.1, 0.15) is 17.4 Å². The fraction of sp³-hybridized carbons (Fsp3) is 0.259. The number of carboxylic acid groups (broad SMARTS) is 1. The average Bonchev–Trinajstić information content (AvgIpc) is 2.88. The van der Waals surface area contributed by atoms with E-state index in [0.29, 0.717) is 29.7 Å². The first-order chi connectivity index (χ1) is 17.8. The number of aromatic nitrogens is 1. The second-order valence-corrected chi connectivity index (χ2v) is 8.38. The minimum absolute atomic E-state index is 0. The third-order valence-electron chi connectivity index (χ3n) is 5.54. The molecule has 1 heterocycles. The average molecular weight is 533 g/mol. The number of anilines is 1. The number of phenols is 1. The summed E-state index contributed by atoms with van der Waals surface area (Å²) in [5.41, 5.74) is 1.40. The van der Waals surface area contributed by atoms with Crippen LogP contribution in [0.15, 0.2) is 66.9 Å². The van der Waals surface area contributed by atoms with Gasteiger partial charge in [0, 0.05) is 24.7 Å². The number of halogens is 1. The summed E-state index contributed by atoms with van der Waals surface area (Å²) in [6.07, 6.45) is 2.88. The standard InChI is InChI=1S/C27H29FN4O5.Na.H/c28-20-10-7-18(8-11-20)21-12-9-19(15-23(21)33)22(16-27(36)37)32-26(35)17-31-25(34)6-2-4-14-30-24-5-1-3-13-29-24;;/h1,3,5,7-13,15,22,33H,2,4,6,14,16-17H2,(H,29,30)(H,31,34)(H,32,35)(H,36,37);;/q;+1;-1. The van der Waals surface area contributed by atoms with Gasteiger partial charge in [-0.1, -0.05) is 30.3 Å². The third-order valence-corrected chi connectivity index (χ3v) is 5.54. The minimum Gasteiger partial charge on any atom is -1.00 e. The van der Waals surface area contributed by atoms with Crippen molar-refractivity contribution in [3.05, 3.63) is 78.2 Å². The van der Waals surface area contributed by atoms with Crippen LogP contribution in [0.3, 0.4) is 0 Å². The summed E-state index contributed by atoms with van der Waals surface area (Å²) in [6, 6.07) is 14.7. The molecular formula is C27H30FN4NaO5. The van der Waals surface area contributed by atoms with E-state index in [1.54, 1.807) is 18.3 Å². The fourth-order valence-corrected chi connectivity index (χ4v) is 3.67. The van der Waals surface area contributed by atoms with E-state index in [9.17, 15) is 29.0 Å². The largest absolute Gasteiger partial charge is 1.00 e. The monoisotopic (exact) mass is 532 g/mol. The van der Waals surface area contributed by atoms with Gasteiger partial charge in [-0.2, -0.15) is 0 Å². The number of nitrogens with one attached hydrogen (secondary N) is 3. The van der Waals surface area contributed by atoms with Gasteiger partial charge in [0.2, 0.25) is 11.8 Å². The van der Waals surface area contributed by atoms with Crippen molar-refractivity contribution in [3.63, 3.8) is 0 Å². The maximum absolute atomic E-state index is 13.2. The van der Waals surface area contributed by atoms with Crippen molar-refractivity contribution in [2.24, 2.45) is 0 Å². The number of unbranched alkanes of at least 4 members (excludes halogenated alkanes) is 1. The normalized spacial score (nSPS) is 11.1. The molecule has 0 aliphatic rings. The molecule has 9 nitrogen and oxygen atoms in total. The molecule has 38 heavy (non-hydrogen) atoms. The molecule has 1 atom stereocenters. The first kappa shape index (κ1) is 30.8. The summed E-state index contributed by atoms with van der Waals surface area (Å²) in [5.74, 6) is -1.77. The molecule has 0 fully saturated rings. The molecule has 1 unspecified atom stereocenters. The number of nitrogens with zero attached hydrogens (tertiary/aromatic N) is 1. The number of hydrogen-bond acceptors (Lipinski definition) is 6. The van der Waals surface area contributed by atoms with Crippen molar-refractivity contribution in [1.29, 1.82) is 0 Å². The molecule has 2 amide bonds. The van der Waals surface area contributed by atoms with Crippen LogP contribution in [-0.4, -0.2) is 46.1 Å². The minimum atomic E-state index is -1.14. The third kappa shape index (κ3) is 10.1. The molecule has 5 N–H and O–H groups in total. The zero-order valence-corrected chi connectivity index (χ0v) is 23.1. The van der Waals surface area contributed by atoms with Gasteiger partial charge >= 0.3 is 35.5 Å². The molecular weight excluding hydrogens is 502 g/mol. The number of hydrogen-bond donors (Lipinski definition) is 5. The van der Waals surface area contributed by atoms with Gasteiger partial charge in [0.15, 0.2) is 0 Å². The summed E-state index contributed by atoms with van der Waals surface area (Å²) < 4.78 is 13.2. The van der Waals surface area contributed by atoms with Gasteiger partial charge in [0.25, 0.3) is 0 Å². The summed E-state index contributed by atoms with van der Waals surface area (Å²) in [7, 11) is 0. The van der Waals surface area contributed by atoms with Crippen LogP contribution in [0.25, 0.3) is 11.1 Å². The van der Waals surface area contributed by atoms with Crippen molar-refractivity contribution in [2.45, 2.75) is 31.7 Å². The molecule has 0 bridgehead atoms. The number of aromatic hydroxyl groups is 1. The van der Waals surface area contributed by atoms with E-state index in [0.717, 1.165) is 12.2 Å². The van der Waals surface area contributed by atoms with Crippen molar-refractivity contribution in [3.8, 4) is 16.9 Å². The molecule has 1 aromatic heterocycles. The van der Waals surface area contributed by atoms with E-state index >= 15 is 0 Å². The molecule has 3 rings (SSSR count). The quantitative estimate of drug-likeness (QED) is 0.162. The Morgan fingerprint density at radius 1 is 1.00 bits per heavy atom. The molecule has 0 aliphatic heterocycles. The fourth-order valence-electron chi connectivity index (χ4n) is 3.67. The molecule has 11 heteroatoms. The van der Waals surface area contributed by atoms with E-state index in [1.165, 1.54) is 30.3 Å². The molecule has 0 saturated carbocycles. The zero-order chi connectivity index (χ0) is 26.6. The Morgan fingerprint density at radius 2 is 1.76 bits per heavy atom. The molecule has 0 aliphatic carbocycles. The number of amides is 2. The molecule has 0 spiro atoms. The summed E-state index contributed by atoms with van der Waals surface area (Å²) in [4.78, 5) is 40.0. The van der Waals surface area contributed by atoms with Gasteiger partial charge in [-0.15, -0.1) is 0 Å². The van der Waals surface area contributed by atoms with Crippen LogP contribution in [0.5, 0.6) is 5.75 Å². The molecule has 0 saturated heterocycles. The van der Waals surface area contributed by atoms with E-state index < -0.39 is 30.2 Å². The van der Waals surface area contributed by atoms with E-state index in [1.807, 2.05) is 18.2 Å². The predicted molar refractivity (Wildman–Crippen MR) is 137 cm³/mol. The Kier molecular flexibility index (Phi) is 12.7. The van der Waals surface area contributed by atoms with Crippen molar-refractivity contribution >= 4 is 23.6 Å². The van der Waals surface area contributed by atoms with Crippen LogP contribution in [-0.2, 0) is 14.4 Å². The summed E-state index contributed by atoms with van der Waals surface area (Å²) in [5, 5.41) is 28.0. The summed E-state index contributed by atoms with van der Waals surface area (Å²) in [6.45, 7) is 0.356. The Labute approximate surface area is 243 Å². The van der Waals surface area contributed by atoms with Crippen LogP contribution < -0.4 is 45.5 Å². The topological polar surface area (TPSA) is 141 Å². The number of pyridine rings is 1. The van der Waals surface area contributed by atoms with E-state index in [-0.39, 0.29) is 55.6 Å². The van der Waals surface area contributed by atoms with E-state index in [4.69, 9.17) is 0 Å². The maximum atomic E-state index is 13.2. The van der Waals surface area contributed by atoms with E-state index in [2.05, 4.69) is 20.9 Å². The molecule has 196 valence electrons. The number of rotatable bonds is 13. The van der Waals surface area contributed by atoms with Gasteiger partial charge in [-0.05, 0) is 54.3 Å². The number of phenolic OH excluding ortho intramolecular Hbond substituents is 1. The predicted octanol–water partition coefficient (Wildman–Crippen LogP) is 0.740. The first-order valence-corrected chi connectivity index (χ1v) is 11.8. The number of carbonyl (C=O) groups excluding carboxylic acids is 2. The van der Waals surface area contributed by atoms with Crippen LogP contribution in [0.4, 0.5) is 10.2 Å². The van der Waals surface area contributed by atoms with Crippen LogP contribution in [0.2, 0.25) is 0 Å². The molecule has 0 radical (unpaired) electrons. The Hall–Kier alpha value is -3.47. The summed E-state index contributed by atoms with van der Waals surface area (Å²) >= 11 is 0. The number of aliphatic carboxylic acids is 1. The molecule has 3 aromatic rings. The Balaban J connectivity index is 0.00000380. The second kappa shape index (κ2) is 15.7. The Bertz CT molecular complexity index is 1220. The van der Waals surface area contributed by atoms with Gasteiger partial charge in [-0.3, -0.25) is 14.4 Å². The van der Waals surface area contributed by atoms with Gasteiger partial charge < -0.3 is 27.6 Å². The second-order valence-electron chi connectivity index (χ2n) is 8.38. The number of carboxylic acids is 1. The zero-order valence-electron chi connectivity index (χ0n) is 22.1. The number of carbonyl (C=O) groups is 3. The van der Waals surface area contributed by atoms with Crippen LogP contribution >= 0.6 is 0 Å². The first-order valence-electron chi connectivity index (χ1n) is 11.8. The van der Waals surface area contributed by atoms with Crippen LogP contribution in [0.1, 0.15) is 38.7 Å².